The summed E-state index contributed by atoms with van der Waals surface area (Å²) in [5, 5.41) is 27.8. The predicted octanol–water partition coefficient (Wildman–Crippen LogP) is 2.72. The molecule has 0 atom stereocenters. The molecule has 2 aromatic carbocycles. The number of benzene rings is 2. The molecule has 0 fully saturated rings. The number of hydrogen-bond acceptors (Lipinski definition) is 4. The molecule has 18 heavy (non-hydrogen) atoms. The van der Waals surface area contributed by atoms with Crippen molar-refractivity contribution in [3.63, 3.8) is 0 Å². The van der Waals surface area contributed by atoms with Gasteiger partial charge >= 0.3 is 0 Å². The lowest BCUT2D eigenvalue weighted by Gasteiger charge is -2.01. The summed E-state index contributed by atoms with van der Waals surface area (Å²) in [5.74, 6) is -0.428. The molecule has 0 saturated carbocycles. The third-order valence-electron chi connectivity index (χ3n) is 2.41. The number of rotatable bonds is 2. The molecule has 0 aliphatic carbocycles. The molecule has 2 rings (SSSR count). The van der Waals surface area contributed by atoms with Gasteiger partial charge in [-0.3, -0.25) is 4.99 Å². The summed E-state index contributed by atoms with van der Waals surface area (Å²) >= 11 is 0. The first-order valence-electron chi connectivity index (χ1n) is 5.26. The van der Waals surface area contributed by atoms with Gasteiger partial charge in [-0.2, -0.15) is 5.26 Å². The molecule has 0 saturated heterocycles. The fraction of sp³-hybridized carbons (Fsp3) is 0. The van der Waals surface area contributed by atoms with Gasteiger partial charge in [0.05, 0.1) is 11.3 Å². The van der Waals surface area contributed by atoms with Gasteiger partial charge in [0.15, 0.2) is 11.5 Å². The Hall–Kier alpha value is -2.80. The van der Waals surface area contributed by atoms with Crippen LogP contribution in [-0.2, 0) is 0 Å². The molecule has 0 aromatic heterocycles. The lowest BCUT2D eigenvalue weighted by atomic mass is 10.2. The highest BCUT2D eigenvalue weighted by molar-refractivity contribution is 5.87. The van der Waals surface area contributed by atoms with Crippen LogP contribution in [0.5, 0.6) is 11.5 Å². The largest absolute Gasteiger partial charge is 0.504 e. The van der Waals surface area contributed by atoms with Crippen molar-refractivity contribution >= 4 is 11.9 Å². The summed E-state index contributed by atoms with van der Waals surface area (Å²) in [5.41, 5.74) is 1.36. The van der Waals surface area contributed by atoms with Crippen molar-refractivity contribution in [1.29, 1.82) is 5.26 Å². The van der Waals surface area contributed by atoms with E-state index < -0.39 is 0 Å². The molecule has 0 heterocycles. The SMILES string of the molecule is N#Cc1ccccc1N=Cc1cccc(O)c1O. The van der Waals surface area contributed by atoms with Crippen molar-refractivity contribution in [1.82, 2.24) is 0 Å². The van der Waals surface area contributed by atoms with Gasteiger partial charge in [-0.15, -0.1) is 0 Å². The van der Waals surface area contributed by atoms with Gasteiger partial charge in [0.2, 0.25) is 0 Å². The van der Waals surface area contributed by atoms with Crippen LogP contribution in [0.4, 0.5) is 5.69 Å². The number of nitrogens with zero attached hydrogens (tertiary/aromatic N) is 2. The Morgan fingerprint density at radius 3 is 2.61 bits per heavy atom. The van der Waals surface area contributed by atoms with Gasteiger partial charge in [-0.25, -0.2) is 0 Å². The van der Waals surface area contributed by atoms with E-state index in [1.54, 1.807) is 36.4 Å². The van der Waals surface area contributed by atoms with E-state index in [1.807, 2.05) is 6.07 Å². The number of phenols is 2. The van der Waals surface area contributed by atoms with Crippen LogP contribution in [0, 0.1) is 11.3 Å². The van der Waals surface area contributed by atoms with Crippen LogP contribution in [0.3, 0.4) is 0 Å². The summed E-state index contributed by atoms with van der Waals surface area (Å²) in [4.78, 5) is 4.13. The molecule has 0 unspecified atom stereocenters. The van der Waals surface area contributed by atoms with Crippen molar-refractivity contribution < 1.29 is 10.2 Å². The number of nitriles is 1. The van der Waals surface area contributed by atoms with E-state index >= 15 is 0 Å². The smallest absolute Gasteiger partial charge is 0.166 e. The quantitative estimate of drug-likeness (QED) is 0.623. The van der Waals surface area contributed by atoms with Gasteiger partial charge in [-0.05, 0) is 24.3 Å². The zero-order chi connectivity index (χ0) is 13.0. The summed E-state index contributed by atoms with van der Waals surface area (Å²) in [6.45, 7) is 0. The highest BCUT2D eigenvalue weighted by Crippen LogP contribution is 2.27. The number of phenolic OH excluding ortho intramolecular Hbond substituents is 2. The number of hydrogen-bond donors (Lipinski definition) is 2. The van der Waals surface area contributed by atoms with Crippen molar-refractivity contribution in [2.75, 3.05) is 0 Å². The normalized spacial score (nSPS) is 10.4. The Labute approximate surface area is 104 Å². The first-order valence-corrected chi connectivity index (χ1v) is 5.26. The third kappa shape index (κ3) is 2.30. The van der Waals surface area contributed by atoms with Crippen LogP contribution < -0.4 is 0 Å². The van der Waals surface area contributed by atoms with Crippen molar-refractivity contribution in [2.24, 2.45) is 4.99 Å². The van der Waals surface area contributed by atoms with Crippen molar-refractivity contribution in [3.05, 3.63) is 53.6 Å². The zero-order valence-corrected chi connectivity index (χ0v) is 9.41. The summed E-state index contributed by atoms with van der Waals surface area (Å²) in [6, 6.07) is 13.5. The first kappa shape index (κ1) is 11.7. The maximum absolute atomic E-state index is 9.60. The molecule has 0 bridgehead atoms. The van der Waals surface area contributed by atoms with E-state index in [2.05, 4.69) is 4.99 Å². The molecular weight excluding hydrogens is 228 g/mol. The second kappa shape index (κ2) is 5.02. The van der Waals surface area contributed by atoms with Crippen LogP contribution in [-0.4, -0.2) is 16.4 Å². The summed E-state index contributed by atoms with van der Waals surface area (Å²) in [6.07, 6.45) is 1.41. The van der Waals surface area contributed by atoms with Gasteiger partial charge in [-0.1, -0.05) is 18.2 Å². The molecule has 88 valence electrons. The predicted molar refractivity (Wildman–Crippen MR) is 68.2 cm³/mol. The average molecular weight is 238 g/mol. The summed E-state index contributed by atoms with van der Waals surface area (Å²) < 4.78 is 0. The molecule has 2 aromatic rings. The number of para-hydroxylation sites is 2. The fourth-order valence-corrected chi connectivity index (χ4v) is 1.47. The molecule has 0 spiro atoms. The first-order chi connectivity index (χ1) is 8.72. The Kier molecular flexibility index (Phi) is 3.26. The second-order valence-corrected chi connectivity index (χ2v) is 3.60. The Morgan fingerprint density at radius 2 is 1.83 bits per heavy atom. The topological polar surface area (TPSA) is 76.6 Å². The third-order valence-corrected chi connectivity index (χ3v) is 2.41. The van der Waals surface area contributed by atoms with Crippen molar-refractivity contribution in [2.45, 2.75) is 0 Å². The molecular formula is C14H10N2O2. The van der Waals surface area contributed by atoms with E-state index in [0.717, 1.165) is 0 Å². The van der Waals surface area contributed by atoms with E-state index in [-0.39, 0.29) is 11.5 Å². The standard InChI is InChI=1S/C14H10N2O2/c15-8-10-4-1-2-6-12(10)16-9-11-5-3-7-13(17)14(11)18/h1-7,9,17-18H. The van der Waals surface area contributed by atoms with E-state index in [1.165, 1.54) is 12.3 Å². The monoisotopic (exact) mass is 238 g/mol. The Bertz CT molecular complexity index is 642. The molecule has 0 aliphatic rings. The molecule has 0 radical (unpaired) electrons. The van der Waals surface area contributed by atoms with Crippen LogP contribution in [0.1, 0.15) is 11.1 Å². The lowest BCUT2D eigenvalue weighted by Crippen LogP contribution is -1.83. The van der Waals surface area contributed by atoms with E-state index in [9.17, 15) is 10.2 Å². The van der Waals surface area contributed by atoms with Gasteiger partial charge in [0.25, 0.3) is 0 Å². The van der Waals surface area contributed by atoms with E-state index in [0.29, 0.717) is 16.8 Å². The van der Waals surface area contributed by atoms with Crippen LogP contribution in [0.25, 0.3) is 0 Å². The minimum Gasteiger partial charge on any atom is -0.504 e. The highest BCUT2D eigenvalue weighted by Gasteiger charge is 2.03. The Morgan fingerprint density at radius 1 is 1.06 bits per heavy atom. The number of aliphatic imine (C=N–C) groups is 1. The summed E-state index contributed by atoms with van der Waals surface area (Å²) in [7, 11) is 0. The highest BCUT2D eigenvalue weighted by atomic mass is 16.3. The van der Waals surface area contributed by atoms with Gasteiger partial charge in [0, 0.05) is 11.8 Å². The maximum Gasteiger partial charge on any atom is 0.166 e. The fourth-order valence-electron chi connectivity index (χ4n) is 1.47. The molecule has 4 heteroatoms. The zero-order valence-electron chi connectivity index (χ0n) is 9.41. The van der Waals surface area contributed by atoms with Crippen molar-refractivity contribution in [3.8, 4) is 17.6 Å². The van der Waals surface area contributed by atoms with Gasteiger partial charge < -0.3 is 10.2 Å². The Balaban J connectivity index is 2.37. The number of aromatic hydroxyl groups is 2. The van der Waals surface area contributed by atoms with Crippen LogP contribution >= 0.6 is 0 Å². The average Bonchev–Trinajstić information content (AvgIpc) is 2.41. The minimum absolute atomic E-state index is 0.201. The van der Waals surface area contributed by atoms with Crippen LogP contribution in [0.2, 0.25) is 0 Å². The second-order valence-electron chi connectivity index (χ2n) is 3.60. The van der Waals surface area contributed by atoms with Crippen LogP contribution in [0.15, 0.2) is 47.5 Å². The lowest BCUT2D eigenvalue weighted by molar-refractivity contribution is 0.403. The molecule has 2 N–H and O–H groups in total. The van der Waals surface area contributed by atoms with E-state index in [4.69, 9.17) is 5.26 Å². The molecule has 0 amide bonds. The molecule has 0 aliphatic heterocycles. The van der Waals surface area contributed by atoms with Gasteiger partial charge in [0.1, 0.15) is 6.07 Å². The molecule has 4 nitrogen and oxygen atoms in total. The minimum atomic E-state index is -0.226. The maximum atomic E-state index is 9.60.